The van der Waals surface area contributed by atoms with Gasteiger partial charge in [0, 0.05) is 6.42 Å². The zero-order valence-corrected chi connectivity index (χ0v) is 15.8. The number of aliphatic hydroxyl groups is 2. The fraction of sp³-hybridized carbons (Fsp3) is 0.850. The van der Waals surface area contributed by atoms with E-state index in [1.54, 1.807) is 6.08 Å². The second-order valence-corrected chi connectivity index (χ2v) is 6.64. The third-order valence-corrected chi connectivity index (χ3v) is 4.27. The van der Waals surface area contributed by atoms with Crippen molar-refractivity contribution in [2.75, 3.05) is 6.61 Å². The van der Waals surface area contributed by atoms with E-state index in [-0.39, 0.29) is 12.5 Å². The van der Waals surface area contributed by atoms with Crippen molar-refractivity contribution in [3.05, 3.63) is 12.2 Å². The number of allylic oxidation sites excluding steroid dienone is 1. The monoisotopic (exact) mass is 341 g/mol. The molecule has 142 valence electrons. The summed E-state index contributed by atoms with van der Waals surface area (Å²) in [4.78, 5) is 11.8. The number of carbonyl (C=O) groups is 1. The zero-order valence-electron chi connectivity index (χ0n) is 15.8. The average molecular weight is 342 g/mol. The quantitative estimate of drug-likeness (QED) is 0.292. The van der Waals surface area contributed by atoms with E-state index in [0.29, 0.717) is 6.42 Å². The Morgan fingerprint density at radius 1 is 0.958 bits per heavy atom. The number of nitrogens with one attached hydrogen (secondary N) is 1. The van der Waals surface area contributed by atoms with Crippen molar-refractivity contribution in [2.24, 2.45) is 0 Å². The van der Waals surface area contributed by atoms with Gasteiger partial charge >= 0.3 is 0 Å². The first kappa shape index (κ1) is 23.1. The van der Waals surface area contributed by atoms with Gasteiger partial charge in [0.15, 0.2) is 0 Å². The van der Waals surface area contributed by atoms with E-state index in [1.165, 1.54) is 38.5 Å². The fourth-order valence-electron chi connectivity index (χ4n) is 2.64. The van der Waals surface area contributed by atoms with Gasteiger partial charge in [-0.2, -0.15) is 0 Å². The SMILES string of the molecule is CCCCCCCCC/C=C/C(O)C(CO)NC(=O)CCCCC. The summed E-state index contributed by atoms with van der Waals surface area (Å²) < 4.78 is 0. The van der Waals surface area contributed by atoms with Crippen LogP contribution in [0.2, 0.25) is 0 Å². The van der Waals surface area contributed by atoms with Crippen LogP contribution in [0, 0.1) is 0 Å². The molecular formula is C20H39NO3. The molecule has 0 saturated heterocycles. The average Bonchev–Trinajstić information content (AvgIpc) is 2.58. The van der Waals surface area contributed by atoms with Crippen LogP contribution < -0.4 is 5.32 Å². The minimum absolute atomic E-state index is 0.0953. The van der Waals surface area contributed by atoms with E-state index >= 15 is 0 Å². The summed E-state index contributed by atoms with van der Waals surface area (Å²) in [5.74, 6) is -0.0953. The molecule has 1 amide bonds. The van der Waals surface area contributed by atoms with Crippen LogP contribution in [0.5, 0.6) is 0 Å². The van der Waals surface area contributed by atoms with E-state index in [9.17, 15) is 15.0 Å². The molecular weight excluding hydrogens is 302 g/mol. The fourth-order valence-corrected chi connectivity index (χ4v) is 2.64. The van der Waals surface area contributed by atoms with Gasteiger partial charge in [-0.15, -0.1) is 0 Å². The van der Waals surface area contributed by atoms with Crippen molar-refractivity contribution >= 4 is 5.91 Å². The van der Waals surface area contributed by atoms with Gasteiger partial charge in [0.25, 0.3) is 0 Å². The number of rotatable bonds is 16. The summed E-state index contributed by atoms with van der Waals surface area (Å²) in [6.45, 7) is 4.07. The molecule has 0 aliphatic rings. The number of amides is 1. The molecule has 2 unspecified atom stereocenters. The summed E-state index contributed by atoms with van der Waals surface area (Å²) in [6.07, 6.45) is 16.1. The Morgan fingerprint density at radius 3 is 2.17 bits per heavy atom. The molecule has 0 aromatic heterocycles. The number of hydrogen-bond acceptors (Lipinski definition) is 3. The highest BCUT2D eigenvalue weighted by atomic mass is 16.3. The maximum atomic E-state index is 11.8. The molecule has 0 bridgehead atoms. The van der Waals surface area contributed by atoms with Gasteiger partial charge in [-0.25, -0.2) is 0 Å². The highest BCUT2D eigenvalue weighted by molar-refractivity contribution is 5.76. The Balaban J connectivity index is 3.83. The van der Waals surface area contributed by atoms with Crippen LogP contribution in [0.1, 0.15) is 90.9 Å². The van der Waals surface area contributed by atoms with Gasteiger partial charge in [0.05, 0.1) is 18.8 Å². The minimum Gasteiger partial charge on any atom is -0.394 e. The molecule has 3 N–H and O–H groups in total. The normalized spacial score (nSPS) is 14.0. The molecule has 0 aromatic carbocycles. The summed E-state index contributed by atoms with van der Waals surface area (Å²) in [5, 5.41) is 22.1. The Kier molecular flexibility index (Phi) is 16.4. The molecule has 0 aliphatic heterocycles. The number of hydrogen-bond donors (Lipinski definition) is 3. The topological polar surface area (TPSA) is 69.6 Å². The van der Waals surface area contributed by atoms with Gasteiger partial charge in [0.1, 0.15) is 0 Å². The van der Waals surface area contributed by atoms with Crippen LogP contribution in [0.3, 0.4) is 0 Å². The lowest BCUT2D eigenvalue weighted by Crippen LogP contribution is -2.45. The number of carbonyl (C=O) groups excluding carboxylic acids is 1. The molecule has 0 fully saturated rings. The van der Waals surface area contributed by atoms with Crippen LogP contribution in [0.25, 0.3) is 0 Å². The number of unbranched alkanes of at least 4 members (excludes halogenated alkanes) is 9. The van der Waals surface area contributed by atoms with E-state index in [1.807, 2.05) is 6.08 Å². The molecule has 0 heterocycles. The summed E-state index contributed by atoms with van der Waals surface area (Å²) in [7, 11) is 0. The Hall–Kier alpha value is -0.870. The molecule has 4 heteroatoms. The van der Waals surface area contributed by atoms with Gasteiger partial charge in [-0.3, -0.25) is 4.79 Å². The molecule has 0 rings (SSSR count). The standard InChI is InChI=1S/C20H39NO3/c1-3-5-7-8-9-10-11-12-14-15-19(23)18(17-22)21-20(24)16-13-6-4-2/h14-15,18-19,22-23H,3-13,16-17H2,1-2H3,(H,21,24)/b15-14+. The Bertz CT molecular complexity index is 318. The van der Waals surface area contributed by atoms with Gasteiger partial charge in [0.2, 0.25) is 5.91 Å². The third kappa shape index (κ3) is 13.6. The lowest BCUT2D eigenvalue weighted by Gasteiger charge is -2.19. The van der Waals surface area contributed by atoms with Gasteiger partial charge in [-0.1, -0.05) is 77.4 Å². The van der Waals surface area contributed by atoms with Gasteiger partial charge < -0.3 is 15.5 Å². The van der Waals surface area contributed by atoms with E-state index in [2.05, 4.69) is 19.2 Å². The van der Waals surface area contributed by atoms with E-state index in [4.69, 9.17) is 0 Å². The van der Waals surface area contributed by atoms with Crippen molar-refractivity contribution in [3.63, 3.8) is 0 Å². The van der Waals surface area contributed by atoms with Gasteiger partial charge in [-0.05, 0) is 19.3 Å². The lowest BCUT2D eigenvalue weighted by molar-refractivity contribution is -0.123. The van der Waals surface area contributed by atoms with E-state index in [0.717, 1.165) is 32.1 Å². The highest BCUT2D eigenvalue weighted by Crippen LogP contribution is 2.09. The first-order valence-electron chi connectivity index (χ1n) is 9.90. The maximum Gasteiger partial charge on any atom is 0.220 e. The van der Waals surface area contributed by atoms with Crippen LogP contribution >= 0.6 is 0 Å². The van der Waals surface area contributed by atoms with Crippen LogP contribution in [-0.2, 0) is 4.79 Å². The molecule has 2 atom stereocenters. The third-order valence-electron chi connectivity index (χ3n) is 4.27. The molecule has 0 radical (unpaired) electrons. The second kappa shape index (κ2) is 17.0. The highest BCUT2D eigenvalue weighted by Gasteiger charge is 2.17. The molecule has 24 heavy (non-hydrogen) atoms. The zero-order chi connectivity index (χ0) is 18.0. The molecule has 0 aromatic rings. The largest absolute Gasteiger partial charge is 0.394 e. The molecule has 0 aliphatic carbocycles. The van der Waals surface area contributed by atoms with Crippen LogP contribution in [0.15, 0.2) is 12.2 Å². The molecule has 0 spiro atoms. The van der Waals surface area contributed by atoms with Crippen molar-refractivity contribution in [1.82, 2.24) is 5.32 Å². The smallest absolute Gasteiger partial charge is 0.220 e. The van der Waals surface area contributed by atoms with Crippen molar-refractivity contribution in [1.29, 1.82) is 0 Å². The summed E-state index contributed by atoms with van der Waals surface area (Å²) in [6, 6.07) is -0.607. The van der Waals surface area contributed by atoms with Crippen molar-refractivity contribution in [3.8, 4) is 0 Å². The first-order valence-corrected chi connectivity index (χ1v) is 9.90. The predicted octanol–water partition coefficient (Wildman–Crippen LogP) is 4.10. The van der Waals surface area contributed by atoms with E-state index < -0.39 is 12.1 Å². The summed E-state index contributed by atoms with van der Waals surface area (Å²) in [5.41, 5.74) is 0. The van der Waals surface area contributed by atoms with Crippen molar-refractivity contribution < 1.29 is 15.0 Å². The molecule has 0 saturated carbocycles. The Labute approximate surface area is 148 Å². The molecule has 4 nitrogen and oxygen atoms in total. The predicted molar refractivity (Wildman–Crippen MR) is 101 cm³/mol. The second-order valence-electron chi connectivity index (χ2n) is 6.64. The Morgan fingerprint density at radius 2 is 1.54 bits per heavy atom. The van der Waals surface area contributed by atoms with Crippen LogP contribution in [0.4, 0.5) is 0 Å². The number of aliphatic hydroxyl groups excluding tert-OH is 2. The first-order chi connectivity index (χ1) is 11.7. The van der Waals surface area contributed by atoms with Crippen LogP contribution in [-0.4, -0.2) is 34.9 Å². The lowest BCUT2D eigenvalue weighted by atomic mass is 10.1. The minimum atomic E-state index is -0.824. The summed E-state index contributed by atoms with van der Waals surface area (Å²) >= 11 is 0. The maximum absolute atomic E-state index is 11.8. The van der Waals surface area contributed by atoms with Crippen molar-refractivity contribution in [2.45, 2.75) is 103 Å².